The van der Waals surface area contributed by atoms with Crippen molar-refractivity contribution < 1.29 is 39.2 Å². The molecule has 6 rings (SSSR count). The zero-order valence-corrected chi connectivity index (χ0v) is 20.8. The average molecular weight is 528 g/mol. The van der Waals surface area contributed by atoms with Crippen LogP contribution in [0.3, 0.4) is 0 Å². The lowest BCUT2D eigenvalue weighted by molar-refractivity contribution is -0.150. The first-order chi connectivity index (χ1) is 18.0. The predicted octanol–water partition coefficient (Wildman–Crippen LogP) is 0.748. The number of amides is 1. The molecule has 8 N–H and O–H groups in total. The molecule has 0 aromatic heterocycles. The maximum atomic E-state index is 16.0. The summed E-state index contributed by atoms with van der Waals surface area (Å²) in [6, 6.07) is -1.45. The van der Waals surface area contributed by atoms with Crippen molar-refractivity contribution in [2.75, 3.05) is 13.1 Å². The van der Waals surface area contributed by atoms with E-state index in [0.717, 1.165) is 13.0 Å². The number of nitrogens with one attached hydrogen (secondary N) is 2. The van der Waals surface area contributed by atoms with Gasteiger partial charge in [0.05, 0.1) is 11.6 Å². The summed E-state index contributed by atoms with van der Waals surface area (Å²) in [7, 11) is 0. The number of primary amides is 1. The topological polar surface area (TPSA) is 182 Å². The molecular formula is C27H30FN3O7. The van der Waals surface area contributed by atoms with Gasteiger partial charge in [0.15, 0.2) is 11.4 Å². The molecule has 1 aromatic rings. The summed E-state index contributed by atoms with van der Waals surface area (Å²) in [5.41, 5.74) is 2.16. The summed E-state index contributed by atoms with van der Waals surface area (Å²) in [5.74, 6) is -7.76. The summed E-state index contributed by atoms with van der Waals surface area (Å²) >= 11 is 0. The number of phenols is 1. The lowest BCUT2D eigenvalue weighted by atomic mass is 9.57. The number of fused-ring (bicyclic) bond motifs is 6. The fourth-order valence-electron chi connectivity index (χ4n) is 7.48. The van der Waals surface area contributed by atoms with Gasteiger partial charge in [-0.2, -0.15) is 0 Å². The minimum atomic E-state index is -2.72. The maximum absolute atomic E-state index is 16.0. The molecule has 1 saturated heterocycles. The van der Waals surface area contributed by atoms with Gasteiger partial charge >= 0.3 is 0 Å². The van der Waals surface area contributed by atoms with Gasteiger partial charge in [0.1, 0.15) is 28.7 Å². The zero-order chi connectivity index (χ0) is 27.3. The number of aliphatic hydroxyl groups excluding tert-OH is 2. The van der Waals surface area contributed by atoms with Gasteiger partial charge in [-0.1, -0.05) is 6.92 Å². The molecule has 1 aliphatic heterocycles. The molecule has 0 radical (unpaired) electrons. The Morgan fingerprint density at radius 2 is 1.95 bits per heavy atom. The lowest BCUT2D eigenvalue weighted by Crippen LogP contribution is -2.66. The van der Waals surface area contributed by atoms with Gasteiger partial charge in [-0.3, -0.25) is 14.4 Å². The second-order valence-corrected chi connectivity index (χ2v) is 11.1. The number of hydrogen-bond acceptors (Lipinski definition) is 9. The Hall–Kier alpha value is -3.28. The van der Waals surface area contributed by atoms with E-state index >= 15 is 4.39 Å². The van der Waals surface area contributed by atoms with E-state index in [1.165, 1.54) is 0 Å². The number of aliphatic hydroxyl groups is 3. The van der Waals surface area contributed by atoms with E-state index in [1.807, 2.05) is 6.92 Å². The minimum Gasteiger partial charge on any atom is -0.508 e. The van der Waals surface area contributed by atoms with Gasteiger partial charge in [-0.15, -0.1) is 0 Å². The minimum absolute atomic E-state index is 0.0566. The summed E-state index contributed by atoms with van der Waals surface area (Å²) in [6.45, 7) is 2.90. The van der Waals surface area contributed by atoms with E-state index in [4.69, 9.17) is 5.73 Å². The van der Waals surface area contributed by atoms with Crippen molar-refractivity contribution >= 4 is 23.2 Å². The number of Topliss-reactive ketones (excluding diaryl/α,β-unsaturated/α-hetero) is 2. The third-order valence-electron chi connectivity index (χ3n) is 9.19. The molecule has 1 amide bonds. The molecule has 1 heterocycles. The van der Waals surface area contributed by atoms with E-state index in [9.17, 15) is 34.8 Å². The van der Waals surface area contributed by atoms with Crippen LogP contribution >= 0.6 is 0 Å². The molecule has 2 fully saturated rings. The second kappa shape index (κ2) is 8.36. The highest BCUT2D eigenvalue weighted by Crippen LogP contribution is 2.55. The van der Waals surface area contributed by atoms with E-state index in [1.54, 1.807) is 0 Å². The molecule has 6 atom stereocenters. The molecule has 1 saturated carbocycles. The highest BCUT2D eigenvalue weighted by atomic mass is 19.1. The number of aromatic hydroxyl groups is 1. The van der Waals surface area contributed by atoms with Crippen LogP contribution in [0.1, 0.15) is 54.5 Å². The summed E-state index contributed by atoms with van der Waals surface area (Å²) in [4.78, 5) is 39.2. The normalized spacial score (nSPS) is 33.6. The highest BCUT2D eigenvalue weighted by molar-refractivity contribution is 6.24. The molecule has 10 nitrogen and oxygen atoms in total. The van der Waals surface area contributed by atoms with Gasteiger partial charge < -0.3 is 36.8 Å². The molecule has 1 aromatic carbocycles. The van der Waals surface area contributed by atoms with Crippen molar-refractivity contribution in [1.29, 1.82) is 0 Å². The summed E-state index contributed by atoms with van der Waals surface area (Å²) in [5, 5.41) is 51.3. The van der Waals surface area contributed by atoms with Crippen LogP contribution in [0.5, 0.6) is 5.75 Å². The van der Waals surface area contributed by atoms with Gasteiger partial charge in [0, 0.05) is 34.2 Å². The van der Waals surface area contributed by atoms with Crippen molar-refractivity contribution in [3.05, 3.63) is 45.0 Å². The van der Waals surface area contributed by atoms with Crippen LogP contribution in [-0.4, -0.2) is 62.6 Å². The van der Waals surface area contributed by atoms with Gasteiger partial charge in [-0.05, 0) is 57.0 Å². The van der Waals surface area contributed by atoms with Crippen molar-refractivity contribution in [1.82, 2.24) is 10.6 Å². The molecule has 5 aliphatic rings. The van der Waals surface area contributed by atoms with Gasteiger partial charge in [0.2, 0.25) is 5.78 Å². The van der Waals surface area contributed by atoms with E-state index in [0.29, 0.717) is 30.5 Å². The molecule has 11 heteroatoms. The zero-order valence-electron chi connectivity index (χ0n) is 20.8. The number of carbonyl (C=O) groups excluding carboxylic acids is 3. The number of carbonyl (C=O) groups is 3. The Labute approximate surface area is 217 Å². The molecule has 4 aliphatic carbocycles. The number of nitrogens with two attached hydrogens (primary N) is 1. The molecule has 202 valence electrons. The first-order valence-corrected chi connectivity index (χ1v) is 13.0. The van der Waals surface area contributed by atoms with Crippen LogP contribution in [0.4, 0.5) is 4.39 Å². The third kappa shape index (κ3) is 3.00. The Morgan fingerprint density at radius 3 is 2.63 bits per heavy atom. The first-order valence-electron chi connectivity index (χ1n) is 13.0. The number of ketones is 2. The standard InChI is InChI=1S/C27H30FN3O7/c1-2-4-30-20-13-8-10-7-11-16(21(32)12-6-9-3-5-31-19(9)15(12)18(11)28)22(33)14(10)24(35)27(13,38)25(36)17(23(20)34)26(29)37/h9-10,13,19-20,30-33,36,38H,2-8H2,1H3,(H2,29,37)/t9?,10-,13-,19?,20-,27-/m0/s1. The molecule has 38 heavy (non-hydrogen) atoms. The van der Waals surface area contributed by atoms with Crippen LogP contribution in [0, 0.1) is 23.6 Å². The maximum Gasteiger partial charge on any atom is 0.255 e. The fourth-order valence-corrected chi connectivity index (χ4v) is 7.48. The quantitative estimate of drug-likeness (QED) is 0.278. The molecule has 0 bridgehead atoms. The summed E-state index contributed by atoms with van der Waals surface area (Å²) in [6.07, 6.45) is 1.71. The third-order valence-corrected chi connectivity index (χ3v) is 9.19. The largest absolute Gasteiger partial charge is 0.508 e. The average Bonchev–Trinajstić information content (AvgIpc) is 3.46. The van der Waals surface area contributed by atoms with Gasteiger partial charge in [0.25, 0.3) is 5.91 Å². The number of hydrogen-bond donors (Lipinski definition) is 7. The van der Waals surface area contributed by atoms with Crippen molar-refractivity contribution in [3.63, 3.8) is 0 Å². The monoisotopic (exact) mass is 527 g/mol. The number of phenolic OH excluding ortho intramolecular Hbond substituents is 1. The Balaban J connectivity index is 1.53. The van der Waals surface area contributed by atoms with E-state index in [-0.39, 0.29) is 47.3 Å². The predicted molar refractivity (Wildman–Crippen MR) is 131 cm³/mol. The summed E-state index contributed by atoms with van der Waals surface area (Å²) < 4.78 is 16.0. The molecule has 0 spiro atoms. The Morgan fingerprint density at radius 1 is 1.21 bits per heavy atom. The van der Waals surface area contributed by atoms with E-state index in [2.05, 4.69) is 10.6 Å². The number of benzene rings is 1. The smallest absolute Gasteiger partial charge is 0.255 e. The second-order valence-electron chi connectivity index (χ2n) is 11.1. The van der Waals surface area contributed by atoms with Crippen LogP contribution in [0.15, 0.2) is 16.9 Å². The first kappa shape index (κ1) is 25.0. The Kier molecular flexibility index (Phi) is 5.50. The van der Waals surface area contributed by atoms with Gasteiger partial charge in [-0.25, -0.2) is 4.39 Å². The molecule has 2 unspecified atom stereocenters. The van der Waals surface area contributed by atoms with Crippen molar-refractivity contribution in [2.24, 2.45) is 23.5 Å². The van der Waals surface area contributed by atoms with Crippen LogP contribution < -0.4 is 16.4 Å². The van der Waals surface area contributed by atoms with Crippen LogP contribution in [0.2, 0.25) is 0 Å². The number of halogens is 1. The van der Waals surface area contributed by atoms with Crippen LogP contribution in [-0.2, 0) is 27.2 Å². The lowest BCUT2D eigenvalue weighted by Gasteiger charge is -2.49. The van der Waals surface area contributed by atoms with Crippen LogP contribution in [0.25, 0.3) is 5.76 Å². The van der Waals surface area contributed by atoms with Crippen molar-refractivity contribution in [2.45, 2.75) is 56.7 Å². The van der Waals surface area contributed by atoms with Crippen molar-refractivity contribution in [3.8, 4) is 5.75 Å². The fraction of sp³-hybridized carbons (Fsp3) is 0.519. The SMILES string of the molecule is CCCN[C@@H]1C(=O)C(C(N)=O)=C(O)[C@@]2(O)C(=O)C3=C(O)c4c(O)c5c(c(F)c4C[C@H]3C[C@@H]12)C1NCCC1C5. The Bertz CT molecular complexity index is 1390. The van der Waals surface area contributed by atoms with E-state index < -0.39 is 63.9 Å². The highest BCUT2D eigenvalue weighted by Gasteiger charge is 2.64. The number of rotatable bonds is 4. The molecular weight excluding hydrogens is 497 g/mol.